The van der Waals surface area contributed by atoms with E-state index in [1.165, 1.54) is 21.3 Å². The van der Waals surface area contributed by atoms with Gasteiger partial charge in [-0.2, -0.15) is 0 Å². The summed E-state index contributed by atoms with van der Waals surface area (Å²) in [5, 5.41) is 5.00. The number of amides is 3. The number of aromatic amines is 1. The number of carbonyl (C=O) groups is 2. The predicted molar refractivity (Wildman–Crippen MR) is 129 cm³/mol. The van der Waals surface area contributed by atoms with Crippen molar-refractivity contribution in [2.75, 3.05) is 46.8 Å². The van der Waals surface area contributed by atoms with Crippen LogP contribution < -0.4 is 15.9 Å². The van der Waals surface area contributed by atoms with Crippen molar-refractivity contribution >= 4 is 24.1 Å². The van der Waals surface area contributed by atoms with E-state index in [1.54, 1.807) is 0 Å². The topological polar surface area (TPSA) is 71.7 Å². The van der Waals surface area contributed by atoms with Crippen LogP contribution in [0.3, 0.4) is 0 Å². The van der Waals surface area contributed by atoms with Crippen molar-refractivity contribution in [3.63, 3.8) is 0 Å². The standard InChI is InChI=1S/C25H39N5O2/c1-7-10-29-16-20(24(31)30(25(32)26-8-2)12-9-11-28(5)6)13-21-17(3)23-18(4)27-15-19(23)14-22(21)29/h7,15,20-22,27H,1,4,8-14,16H2,2-3,5-6H3,(H,26,32)/t20-,21-,22-/m1/s1. The van der Waals surface area contributed by atoms with Gasteiger partial charge in [0.1, 0.15) is 0 Å². The van der Waals surface area contributed by atoms with Gasteiger partial charge in [-0.3, -0.25) is 14.6 Å². The summed E-state index contributed by atoms with van der Waals surface area (Å²) in [6.07, 6.45) is 6.45. The first-order chi connectivity index (χ1) is 15.3. The van der Waals surface area contributed by atoms with Crippen LogP contribution in [-0.4, -0.2) is 84.5 Å². The van der Waals surface area contributed by atoms with Crippen molar-refractivity contribution in [2.24, 2.45) is 11.8 Å². The molecule has 7 nitrogen and oxygen atoms in total. The van der Waals surface area contributed by atoms with Crippen molar-refractivity contribution in [3.8, 4) is 0 Å². The number of urea groups is 1. The molecule has 0 bridgehead atoms. The molecule has 0 saturated carbocycles. The number of aromatic nitrogens is 1. The maximum absolute atomic E-state index is 13.7. The Hall–Kier alpha value is -2.38. The predicted octanol–water partition coefficient (Wildman–Crippen LogP) is 1.15. The van der Waals surface area contributed by atoms with Gasteiger partial charge >= 0.3 is 6.03 Å². The first kappa shape index (κ1) is 24.3. The van der Waals surface area contributed by atoms with E-state index in [0.717, 1.165) is 37.7 Å². The van der Waals surface area contributed by atoms with Crippen LogP contribution in [0.1, 0.15) is 32.3 Å². The number of piperidine rings is 1. The lowest BCUT2D eigenvalue weighted by Gasteiger charge is -2.46. The second-order valence-electron chi connectivity index (χ2n) is 9.39. The second-order valence-corrected chi connectivity index (χ2v) is 9.39. The fraction of sp³-hybridized carbons (Fsp3) is 0.600. The van der Waals surface area contributed by atoms with Crippen molar-refractivity contribution in [1.29, 1.82) is 0 Å². The van der Waals surface area contributed by atoms with Gasteiger partial charge in [-0.25, -0.2) is 4.79 Å². The van der Waals surface area contributed by atoms with E-state index in [2.05, 4.69) is 46.4 Å². The molecule has 1 aliphatic heterocycles. The molecule has 0 spiro atoms. The number of hydrogen-bond donors (Lipinski definition) is 2. The van der Waals surface area contributed by atoms with E-state index in [0.29, 0.717) is 25.7 Å². The Bertz CT molecular complexity index is 950. The largest absolute Gasteiger partial charge is 0.361 e. The summed E-state index contributed by atoms with van der Waals surface area (Å²) in [5.41, 5.74) is 2.60. The summed E-state index contributed by atoms with van der Waals surface area (Å²) < 4.78 is 0. The summed E-state index contributed by atoms with van der Waals surface area (Å²) in [4.78, 5) is 35.6. The second kappa shape index (κ2) is 10.5. The first-order valence-corrected chi connectivity index (χ1v) is 11.7. The van der Waals surface area contributed by atoms with Gasteiger partial charge in [0.05, 0.1) is 5.92 Å². The maximum atomic E-state index is 13.7. The summed E-state index contributed by atoms with van der Waals surface area (Å²) in [6.45, 7) is 15.3. The monoisotopic (exact) mass is 441 g/mol. The maximum Gasteiger partial charge on any atom is 0.324 e. The lowest BCUT2D eigenvalue weighted by Crippen LogP contribution is -2.57. The fourth-order valence-electron chi connectivity index (χ4n) is 5.40. The van der Waals surface area contributed by atoms with E-state index in [9.17, 15) is 9.59 Å². The number of carbonyl (C=O) groups excluding carboxylic acids is 2. The molecule has 7 heteroatoms. The van der Waals surface area contributed by atoms with Gasteiger partial charge in [-0.15, -0.1) is 6.58 Å². The summed E-state index contributed by atoms with van der Waals surface area (Å²) >= 11 is 0. The molecule has 2 aliphatic rings. The molecule has 176 valence electrons. The summed E-state index contributed by atoms with van der Waals surface area (Å²) in [6, 6.07) is 0.0531. The minimum absolute atomic E-state index is 0.0651. The van der Waals surface area contributed by atoms with Crippen LogP contribution in [0.15, 0.2) is 18.9 Å². The molecule has 1 aliphatic carbocycles. The van der Waals surface area contributed by atoms with E-state index in [4.69, 9.17) is 0 Å². The molecule has 2 N–H and O–H groups in total. The Morgan fingerprint density at radius 1 is 1.34 bits per heavy atom. The molecule has 0 radical (unpaired) electrons. The Kier molecular flexibility index (Phi) is 7.96. The van der Waals surface area contributed by atoms with Crippen molar-refractivity contribution in [2.45, 2.75) is 39.2 Å². The minimum Gasteiger partial charge on any atom is -0.361 e. The first-order valence-electron chi connectivity index (χ1n) is 11.7. The SMILES string of the molecule is C=CCN1C[C@H](C(=O)N(CCCN(C)C)C(=O)NCC)C[C@@H]2C(C)=c3c(c[nH]c3=C)C[C@H]21. The van der Waals surface area contributed by atoms with Crippen LogP contribution in [0.4, 0.5) is 4.79 Å². The molecule has 1 saturated heterocycles. The van der Waals surface area contributed by atoms with Gasteiger partial charge in [0.15, 0.2) is 0 Å². The van der Waals surface area contributed by atoms with Gasteiger partial charge in [0.25, 0.3) is 0 Å². The number of hydrogen-bond acceptors (Lipinski definition) is 4. The third kappa shape index (κ3) is 4.99. The normalized spacial score (nSPS) is 22.9. The Morgan fingerprint density at radius 2 is 2.09 bits per heavy atom. The molecule has 1 aromatic heterocycles. The highest BCUT2D eigenvalue weighted by Gasteiger charge is 2.43. The van der Waals surface area contributed by atoms with Crippen molar-refractivity contribution in [3.05, 3.63) is 35.0 Å². The fourth-order valence-corrected chi connectivity index (χ4v) is 5.40. The molecule has 3 atom stereocenters. The molecule has 3 rings (SSSR count). The van der Waals surface area contributed by atoms with Crippen LogP contribution in [0.25, 0.3) is 12.2 Å². The van der Waals surface area contributed by atoms with Crippen molar-refractivity contribution in [1.82, 2.24) is 25.0 Å². The molecule has 1 aromatic rings. The molecule has 0 aromatic carbocycles. The van der Waals surface area contributed by atoms with Crippen LogP contribution >= 0.6 is 0 Å². The zero-order valence-electron chi connectivity index (χ0n) is 20.1. The molecular formula is C25H39N5O2. The highest BCUT2D eigenvalue weighted by molar-refractivity contribution is 5.95. The van der Waals surface area contributed by atoms with Gasteiger partial charge in [-0.1, -0.05) is 18.2 Å². The quantitative estimate of drug-likeness (QED) is 0.594. The van der Waals surface area contributed by atoms with E-state index >= 15 is 0 Å². The molecular weight excluding hydrogens is 402 g/mol. The number of H-pyrrole nitrogens is 1. The average molecular weight is 442 g/mol. The molecule has 0 unspecified atom stereocenters. The molecule has 1 fully saturated rings. The van der Waals surface area contributed by atoms with Crippen LogP contribution in [-0.2, 0) is 11.2 Å². The number of nitrogens with one attached hydrogen (secondary N) is 2. The smallest absolute Gasteiger partial charge is 0.324 e. The van der Waals surface area contributed by atoms with Crippen LogP contribution in [0, 0.1) is 11.8 Å². The van der Waals surface area contributed by atoms with Gasteiger partial charge in [0, 0.05) is 49.0 Å². The van der Waals surface area contributed by atoms with E-state index in [1.807, 2.05) is 27.1 Å². The third-order valence-electron chi connectivity index (χ3n) is 6.89. The van der Waals surface area contributed by atoms with E-state index in [-0.39, 0.29) is 23.8 Å². The number of likely N-dealkylation sites (tertiary alicyclic amines) is 1. The third-order valence-corrected chi connectivity index (χ3v) is 6.89. The number of imide groups is 1. The Labute approximate surface area is 191 Å². The molecule has 32 heavy (non-hydrogen) atoms. The summed E-state index contributed by atoms with van der Waals surface area (Å²) in [7, 11) is 4.00. The number of nitrogens with zero attached hydrogens (tertiary/aromatic N) is 3. The van der Waals surface area contributed by atoms with Gasteiger partial charge in [0.2, 0.25) is 5.91 Å². The van der Waals surface area contributed by atoms with Gasteiger partial charge in [-0.05, 0) is 65.2 Å². The zero-order valence-corrected chi connectivity index (χ0v) is 20.1. The van der Waals surface area contributed by atoms with E-state index < -0.39 is 0 Å². The minimum atomic E-state index is -0.286. The van der Waals surface area contributed by atoms with Crippen molar-refractivity contribution < 1.29 is 9.59 Å². The van der Waals surface area contributed by atoms with Gasteiger partial charge < -0.3 is 15.2 Å². The highest BCUT2D eigenvalue weighted by Crippen LogP contribution is 2.37. The lowest BCUT2D eigenvalue weighted by molar-refractivity contribution is -0.135. The number of rotatable bonds is 8. The molecule has 2 heterocycles. The Balaban J connectivity index is 1.88. The number of fused-ring (bicyclic) bond motifs is 2. The zero-order chi connectivity index (χ0) is 23.4. The lowest BCUT2D eigenvalue weighted by atomic mass is 9.73. The Morgan fingerprint density at radius 3 is 2.75 bits per heavy atom. The van der Waals surface area contributed by atoms with Crippen LogP contribution in [0.5, 0.6) is 0 Å². The molecule has 3 amide bonds. The summed E-state index contributed by atoms with van der Waals surface area (Å²) in [5.74, 6) is -0.0223. The average Bonchev–Trinajstić information content (AvgIpc) is 3.12. The van der Waals surface area contributed by atoms with Crippen LogP contribution in [0.2, 0.25) is 0 Å². The highest BCUT2D eigenvalue weighted by atomic mass is 16.2.